The smallest absolute Gasteiger partial charge is 0.274 e. The molecule has 1 aromatic carbocycles. The van der Waals surface area contributed by atoms with Crippen LogP contribution in [-0.2, 0) is 11.3 Å². The lowest BCUT2D eigenvalue weighted by atomic mass is 10.1. The monoisotopic (exact) mass is 357 g/mol. The molecule has 1 N–H and O–H groups in total. The van der Waals surface area contributed by atoms with Gasteiger partial charge in [-0.15, -0.1) is 0 Å². The van der Waals surface area contributed by atoms with Crippen LogP contribution >= 0.6 is 0 Å². The van der Waals surface area contributed by atoms with E-state index in [0.29, 0.717) is 29.2 Å². The summed E-state index contributed by atoms with van der Waals surface area (Å²) in [4.78, 5) is 25.8. The van der Waals surface area contributed by atoms with Gasteiger partial charge in [-0.3, -0.25) is 14.7 Å². The first-order chi connectivity index (χ1) is 12.6. The first-order valence-corrected chi connectivity index (χ1v) is 8.67. The van der Waals surface area contributed by atoms with Crippen molar-refractivity contribution >= 4 is 11.7 Å². The fourth-order valence-electron chi connectivity index (χ4n) is 2.99. The van der Waals surface area contributed by atoms with E-state index >= 15 is 0 Å². The van der Waals surface area contributed by atoms with Crippen molar-refractivity contribution in [2.24, 2.45) is 0 Å². The molecule has 0 aliphatic carbocycles. The van der Waals surface area contributed by atoms with Crippen molar-refractivity contribution in [3.05, 3.63) is 47.3 Å². The van der Waals surface area contributed by atoms with E-state index in [1.807, 2.05) is 0 Å². The Bertz CT molecular complexity index is 787. The van der Waals surface area contributed by atoms with Crippen molar-refractivity contribution in [1.82, 2.24) is 15.1 Å². The number of aromatic amines is 1. The lowest BCUT2D eigenvalue weighted by Gasteiger charge is -2.31. The second-order valence-electron chi connectivity index (χ2n) is 6.40. The van der Waals surface area contributed by atoms with Crippen LogP contribution in [0.4, 0.5) is 0 Å². The largest absolute Gasteiger partial charge is 0.487 e. The number of carbonyl (C=O) groups excluding carboxylic acids is 2. The van der Waals surface area contributed by atoms with E-state index in [0.717, 1.165) is 19.4 Å². The number of rotatable bonds is 6. The van der Waals surface area contributed by atoms with Crippen LogP contribution in [0.3, 0.4) is 0 Å². The average Bonchev–Trinajstić information content (AvgIpc) is 3.15. The van der Waals surface area contributed by atoms with Crippen molar-refractivity contribution in [2.45, 2.75) is 32.5 Å². The van der Waals surface area contributed by atoms with Crippen molar-refractivity contribution in [2.75, 3.05) is 20.2 Å². The molecule has 0 spiro atoms. The van der Waals surface area contributed by atoms with Crippen LogP contribution in [0.5, 0.6) is 5.75 Å². The fraction of sp³-hybridized carbons (Fsp3) is 0.421. The number of likely N-dealkylation sites (tertiary alicyclic amines) is 1. The minimum absolute atomic E-state index is 0.0132. The molecular weight excluding hydrogens is 334 g/mol. The zero-order valence-electron chi connectivity index (χ0n) is 15.0. The number of ketones is 1. The summed E-state index contributed by atoms with van der Waals surface area (Å²) in [5, 5.41) is 6.95. The molecule has 2 aromatic rings. The number of Topliss-reactive ketones (excluding diaryl/α,β-unsaturated/α-hetero) is 1. The standard InChI is InChI=1S/C19H23N3O4/c1-13(23)14-5-3-6-16(9-14)26-12-15-10-18(21-20-15)19(24)22-8-4-7-17(11-22)25-2/h3,5-6,9-10,17H,4,7-8,11-12H2,1-2H3,(H,20,21). The van der Waals surface area contributed by atoms with Crippen LogP contribution in [0.1, 0.15) is 46.3 Å². The summed E-state index contributed by atoms with van der Waals surface area (Å²) in [5.74, 6) is 0.479. The van der Waals surface area contributed by atoms with E-state index in [2.05, 4.69) is 10.2 Å². The second-order valence-corrected chi connectivity index (χ2v) is 6.40. The van der Waals surface area contributed by atoms with Crippen LogP contribution in [0.25, 0.3) is 0 Å². The van der Waals surface area contributed by atoms with E-state index in [1.54, 1.807) is 42.3 Å². The minimum atomic E-state index is -0.104. The van der Waals surface area contributed by atoms with Gasteiger partial charge >= 0.3 is 0 Å². The van der Waals surface area contributed by atoms with Crippen LogP contribution in [-0.4, -0.2) is 53.1 Å². The van der Waals surface area contributed by atoms with Gasteiger partial charge in [0.15, 0.2) is 11.5 Å². The van der Waals surface area contributed by atoms with E-state index < -0.39 is 0 Å². The number of hydrogen-bond donors (Lipinski definition) is 1. The molecule has 2 heterocycles. The Morgan fingerprint density at radius 1 is 1.35 bits per heavy atom. The Hall–Kier alpha value is -2.67. The van der Waals surface area contributed by atoms with Crippen molar-refractivity contribution < 1.29 is 19.1 Å². The first-order valence-electron chi connectivity index (χ1n) is 8.67. The number of ether oxygens (including phenoxy) is 2. The number of methoxy groups -OCH3 is 1. The summed E-state index contributed by atoms with van der Waals surface area (Å²) in [7, 11) is 1.67. The molecule has 3 rings (SSSR count). The Morgan fingerprint density at radius 3 is 2.96 bits per heavy atom. The number of nitrogens with one attached hydrogen (secondary N) is 1. The molecule has 1 amide bonds. The van der Waals surface area contributed by atoms with Gasteiger partial charge in [-0.05, 0) is 38.0 Å². The van der Waals surface area contributed by atoms with Gasteiger partial charge in [0.2, 0.25) is 0 Å². The summed E-state index contributed by atoms with van der Waals surface area (Å²) in [5.41, 5.74) is 1.67. The van der Waals surface area contributed by atoms with Gasteiger partial charge < -0.3 is 14.4 Å². The number of carbonyl (C=O) groups is 2. The highest BCUT2D eigenvalue weighted by Crippen LogP contribution is 2.17. The molecule has 1 aliphatic rings. The van der Waals surface area contributed by atoms with Crippen LogP contribution in [0.15, 0.2) is 30.3 Å². The Labute approximate surface area is 152 Å². The Morgan fingerprint density at radius 2 is 2.19 bits per heavy atom. The second kappa shape index (κ2) is 8.14. The van der Waals surface area contributed by atoms with Gasteiger partial charge in [0.25, 0.3) is 5.91 Å². The maximum absolute atomic E-state index is 12.6. The molecule has 1 atom stereocenters. The van der Waals surface area contributed by atoms with Gasteiger partial charge in [0, 0.05) is 25.8 Å². The topological polar surface area (TPSA) is 84.5 Å². The third-order valence-corrected chi connectivity index (χ3v) is 4.48. The molecule has 7 nitrogen and oxygen atoms in total. The van der Waals surface area contributed by atoms with Crippen molar-refractivity contribution in [1.29, 1.82) is 0 Å². The summed E-state index contributed by atoms with van der Waals surface area (Å²) in [6.45, 7) is 3.06. The van der Waals surface area contributed by atoms with Crippen LogP contribution in [0.2, 0.25) is 0 Å². The molecule has 1 fully saturated rings. The lowest BCUT2D eigenvalue weighted by Crippen LogP contribution is -2.43. The van der Waals surface area contributed by atoms with E-state index in [1.165, 1.54) is 6.92 Å². The number of nitrogens with zero attached hydrogens (tertiary/aromatic N) is 2. The number of hydrogen-bond acceptors (Lipinski definition) is 5. The maximum Gasteiger partial charge on any atom is 0.274 e. The predicted molar refractivity (Wildman–Crippen MR) is 95.3 cm³/mol. The molecule has 0 bridgehead atoms. The highest BCUT2D eigenvalue weighted by molar-refractivity contribution is 5.94. The highest BCUT2D eigenvalue weighted by atomic mass is 16.5. The number of piperidine rings is 1. The summed E-state index contributed by atoms with van der Waals surface area (Å²) in [6, 6.07) is 8.70. The molecule has 0 saturated carbocycles. The molecule has 0 radical (unpaired) electrons. The van der Waals surface area contributed by atoms with E-state index in [4.69, 9.17) is 9.47 Å². The van der Waals surface area contributed by atoms with Gasteiger partial charge in [-0.25, -0.2) is 0 Å². The summed E-state index contributed by atoms with van der Waals surface area (Å²) < 4.78 is 11.0. The summed E-state index contributed by atoms with van der Waals surface area (Å²) in [6.07, 6.45) is 1.99. The predicted octanol–water partition coefficient (Wildman–Crippen LogP) is 2.44. The maximum atomic E-state index is 12.6. The number of benzene rings is 1. The molecule has 138 valence electrons. The Balaban J connectivity index is 1.60. The SMILES string of the molecule is COC1CCCN(C(=O)c2cc(COc3cccc(C(C)=O)c3)[nH]n2)C1. The summed E-state index contributed by atoms with van der Waals surface area (Å²) >= 11 is 0. The van der Waals surface area contributed by atoms with Crippen LogP contribution < -0.4 is 4.74 Å². The number of amides is 1. The molecule has 1 aromatic heterocycles. The average molecular weight is 357 g/mol. The molecule has 26 heavy (non-hydrogen) atoms. The highest BCUT2D eigenvalue weighted by Gasteiger charge is 2.25. The zero-order chi connectivity index (χ0) is 18.5. The molecule has 1 aliphatic heterocycles. The van der Waals surface area contributed by atoms with Gasteiger partial charge in [-0.2, -0.15) is 5.10 Å². The van der Waals surface area contributed by atoms with E-state index in [9.17, 15) is 9.59 Å². The zero-order valence-corrected chi connectivity index (χ0v) is 15.0. The molecule has 1 unspecified atom stereocenters. The quantitative estimate of drug-likeness (QED) is 0.803. The van der Waals surface area contributed by atoms with Crippen LogP contribution in [0, 0.1) is 0 Å². The third kappa shape index (κ3) is 4.29. The van der Waals surface area contributed by atoms with Crippen molar-refractivity contribution in [3.8, 4) is 5.75 Å². The van der Waals surface area contributed by atoms with Crippen molar-refractivity contribution in [3.63, 3.8) is 0 Å². The first kappa shape index (κ1) is 18.1. The number of H-pyrrole nitrogens is 1. The lowest BCUT2D eigenvalue weighted by molar-refractivity contribution is 0.0265. The van der Waals surface area contributed by atoms with Gasteiger partial charge in [-0.1, -0.05) is 12.1 Å². The normalized spacial score (nSPS) is 17.2. The fourth-order valence-corrected chi connectivity index (χ4v) is 2.99. The van der Waals surface area contributed by atoms with Gasteiger partial charge in [0.1, 0.15) is 12.4 Å². The van der Waals surface area contributed by atoms with E-state index in [-0.39, 0.29) is 24.4 Å². The third-order valence-electron chi connectivity index (χ3n) is 4.48. The molecule has 7 heteroatoms. The minimum Gasteiger partial charge on any atom is -0.487 e. The Kier molecular flexibility index (Phi) is 5.68. The molecule has 1 saturated heterocycles. The molecular formula is C19H23N3O4. The number of aromatic nitrogens is 2. The van der Waals surface area contributed by atoms with Gasteiger partial charge in [0.05, 0.1) is 11.8 Å².